The van der Waals surface area contributed by atoms with E-state index < -0.39 is 0 Å². The highest BCUT2D eigenvalue weighted by Gasteiger charge is 2.13. The molecule has 2 N–H and O–H groups in total. The topological polar surface area (TPSA) is 66.5 Å². The van der Waals surface area contributed by atoms with Crippen molar-refractivity contribution in [3.8, 4) is 11.4 Å². The molecule has 0 saturated heterocycles. The first kappa shape index (κ1) is 17.9. The van der Waals surface area contributed by atoms with Crippen LogP contribution in [0.2, 0.25) is 5.02 Å². The number of anilines is 2. The second-order valence-electron chi connectivity index (χ2n) is 7.38. The van der Waals surface area contributed by atoms with Crippen molar-refractivity contribution < 1.29 is 0 Å². The summed E-state index contributed by atoms with van der Waals surface area (Å²) < 4.78 is 0. The molecule has 0 unspecified atom stereocenters. The molecule has 148 valence electrons. The van der Waals surface area contributed by atoms with Crippen LogP contribution in [0.5, 0.6) is 0 Å². The lowest BCUT2D eigenvalue weighted by molar-refractivity contribution is 1.12. The van der Waals surface area contributed by atoms with Crippen molar-refractivity contribution in [1.82, 2.24) is 20.2 Å². The fraction of sp³-hybridized carbons (Fsp3) is 0. The van der Waals surface area contributed by atoms with Crippen molar-refractivity contribution in [2.45, 2.75) is 0 Å². The number of H-pyrrole nitrogens is 1. The van der Waals surface area contributed by atoms with Crippen LogP contribution in [0, 0.1) is 0 Å². The van der Waals surface area contributed by atoms with Crippen LogP contribution in [0.25, 0.3) is 44.0 Å². The summed E-state index contributed by atoms with van der Waals surface area (Å²) in [4.78, 5) is 9.78. The SMILES string of the molecule is Clc1ccc2c(Nc3ccc4[nH]ncc4c3)nc(-c3cccc4ccccc34)nc2c1. The molecule has 2 aromatic heterocycles. The Kier molecular flexibility index (Phi) is 4.08. The predicted octanol–water partition coefficient (Wildman–Crippen LogP) is 6.72. The number of nitrogens with one attached hydrogen (secondary N) is 2. The second-order valence-corrected chi connectivity index (χ2v) is 7.82. The standard InChI is InChI=1S/C25H16ClN5/c26-17-8-10-21-23(13-17)29-24(20-7-3-5-15-4-1-2-6-19(15)20)30-25(21)28-18-9-11-22-16(12-18)14-27-31-22/h1-14H,(H,27,31)(H,28,29,30). The van der Waals surface area contributed by atoms with Gasteiger partial charge in [-0.3, -0.25) is 5.10 Å². The van der Waals surface area contributed by atoms with E-state index in [-0.39, 0.29) is 0 Å². The molecule has 6 rings (SSSR count). The molecule has 4 aromatic carbocycles. The van der Waals surface area contributed by atoms with E-state index in [9.17, 15) is 0 Å². The normalized spacial score (nSPS) is 11.4. The number of aromatic amines is 1. The van der Waals surface area contributed by atoms with Gasteiger partial charge in [-0.15, -0.1) is 0 Å². The number of hydrogen-bond acceptors (Lipinski definition) is 4. The van der Waals surface area contributed by atoms with Gasteiger partial charge < -0.3 is 5.32 Å². The van der Waals surface area contributed by atoms with Crippen LogP contribution >= 0.6 is 11.6 Å². The highest BCUT2D eigenvalue weighted by atomic mass is 35.5. The number of nitrogens with zero attached hydrogens (tertiary/aromatic N) is 3. The van der Waals surface area contributed by atoms with Gasteiger partial charge in [0.15, 0.2) is 5.82 Å². The predicted molar refractivity (Wildman–Crippen MR) is 127 cm³/mol. The van der Waals surface area contributed by atoms with E-state index in [1.54, 1.807) is 6.20 Å². The first-order valence-electron chi connectivity index (χ1n) is 9.90. The van der Waals surface area contributed by atoms with Gasteiger partial charge in [0.1, 0.15) is 5.82 Å². The summed E-state index contributed by atoms with van der Waals surface area (Å²) in [7, 11) is 0. The average molecular weight is 422 g/mol. The van der Waals surface area contributed by atoms with Crippen LogP contribution in [-0.4, -0.2) is 20.2 Å². The molecular formula is C25H16ClN5. The Bertz CT molecular complexity index is 1580. The lowest BCUT2D eigenvalue weighted by atomic mass is 10.0. The Morgan fingerprint density at radius 1 is 0.774 bits per heavy atom. The van der Waals surface area contributed by atoms with Crippen LogP contribution in [0.1, 0.15) is 0 Å². The summed E-state index contributed by atoms with van der Waals surface area (Å²) in [6.07, 6.45) is 1.81. The minimum absolute atomic E-state index is 0.640. The minimum atomic E-state index is 0.640. The van der Waals surface area contributed by atoms with E-state index >= 15 is 0 Å². The van der Waals surface area contributed by atoms with Crippen molar-refractivity contribution in [1.29, 1.82) is 0 Å². The van der Waals surface area contributed by atoms with Crippen LogP contribution in [-0.2, 0) is 0 Å². The Morgan fingerprint density at radius 3 is 2.65 bits per heavy atom. The van der Waals surface area contributed by atoms with Gasteiger partial charge in [-0.05, 0) is 47.2 Å². The summed E-state index contributed by atoms with van der Waals surface area (Å²) >= 11 is 6.29. The van der Waals surface area contributed by atoms with Gasteiger partial charge >= 0.3 is 0 Å². The van der Waals surface area contributed by atoms with Gasteiger partial charge in [-0.25, -0.2) is 9.97 Å². The third-order valence-electron chi connectivity index (χ3n) is 5.39. The molecule has 6 aromatic rings. The van der Waals surface area contributed by atoms with Crippen LogP contribution in [0.3, 0.4) is 0 Å². The average Bonchev–Trinajstić information content (AvgIpc) is 3.26. The van der Waals surface area contributed by atoms with Gasteiger partial charge in [0.25, 0.3) is 0 Å². The summed E-state index contributed by atoms with van der Waals surface area (Å²) in [5.41, 5.74) is 3.68. The molecule has 6 heteroatoms. The van der Waals surface area contributed by atoms with Gasteiger partial charge in [-0.1, -0.05) is 54.1 Å². The zero-order valence-electron chi connectivity index (χ0n) is 16.3. The molecule has 0 fully saturated rings. The second kappa shape index (κ2) is 7.07. The van der Waals surface area contributed by atoms with E-state index in [0.717, 1.165) is 49.6 Å². The molecule has 0 atom stereocenters. The summed E-state index contributed by atoms with van der Waals surface area (Å²) in [6, 6.07) is 26.1. The molecule has 0 aliphatic rings. The Balaban J connectivity index is 1.56. The van der Waals surface area contributed by atoms with Crippen LogP contribution < -0.4 is 5.32 Å². The third-order valence-corrected chi connectivity index (χ3v) is 5.63. The van der Waals surface area contributed by atoms with Gasteiger partial charge in [0.2, 0.25) is 0 Å². The molecular weight excluding hydrogens is 406 g/mol. The van der Waals surface area contributed by atoms with Crippen molar-refractivity contribution in [3.05, 3.63) is 90.1 Å². The number of benzene rings is 4. The van der Waals surface area contributed by atoms with Crippen LogP contribution in [0.15, 0.2) is 85.1 Å². The number of fused-ring (bicyclic) bond motifs is 3. The molecule has 0 radical (unpaired) electrons. The molecule has 31 heavy (non-hydrogen) atoms. The molecule has 2 heterocycles. The summed E-state index contributed by atoms with van der Waals surface area (Å²) in [6.45, 7) is 0. The number of hydrogen-bond donors (Lipinski definition) is 2. The van der Waals surface area contributed by atoms with E-state index in [4.69, 9.17) is 21.6 Å². The fourth-order valence-electron chi connectivity index (χ4n) is 3.90. The largest absolute Gasteiger partial charge is 0.340 e. The molecule has 5 nitrogen and oxygen atoms in total. The maximum absolute atomic E-state index is 6.29. The summed E-state index contributed by atoms with van der Waals surface area (Å²) in [5.74, 6) is 1.38. The fourth-order valence-corrected chi connectivity index (χ4v) is 4.06. The maximum Gasteiger partial charge on any atom is 0.162 e. The Hall–Kier alpha value is -3.96. The number of halogens is 1. The highest BCUT2D eigenvalue weighted by molar-refractivity contribution is 6.31. The molecule has 0 aliphatic carbocycles. The Morgan fingerprint density at radius 2 is 1.68 bits per heavy atom. The van der Waals surface area contributed by atoms with Crippen molar-refractivity contribution in [2.75, 3.05) is 5.32 Å². The first-order chi connectivity index (χ1) is 15.2. The van der Waals surface area contributed by atoms with Crippen molar-refractivity contribution in [3.63, 3.8) is 0 Å². The molecule has 0 amide bonds. The quantitative estimate of drug-likeness (QED) is 0.332. The van der Waals surface area contributed by atoms with Gasteiger partial charge in [0, 0.05) is 27.0 Å². The number of rotatable bonds is 3. The summed E-state index contributed by atoms with van der Waals surface area (Å²) in [5, 5.41) is 15.4. The molecule has 0 bridgehead atoms. The van der Waals surface area contributed by atoms with Crippen molar-refractivity contribution >= 4 is 55.7 Å². The lowest BCUT2D eigenvalue weighted by Crippen LogP contribution is -2.00. The first-order valence-corrected chi connectivity index (χ1v) is 10.3. The third kappa shape index (κ3) is 3.16. The highest BCUT2D eigenvalue weighted by Crippen LogP contribution is 2.32. The maximum atomic E-state index is 6.29. The molecule has 0 aliphatic heterocycles. The van der Waals surface area contributed by atoms with Gasteiger partial charge in [0.05, 0.1) is 17.2 Å². The van der Waals surface area contributed by atoms with E-state index in [1.807, 2.05) is 54.6 Å². The van der Waals surface area contributed by atoms with E-state index in [0.29, 0.717) is 10.8 Å². The zero-order valence-corrected chi connectivity index (χ0v) is 17.1. The minimum Gasteiger partial charge on any atom is -0.340 e. The number of aromatic nitrogens is 4. The monoisotopic (exact) mass is 421 g/mol. The van der Waals surface area contributed by atoms with E-state index in [2.05, 4.69) is 39.8 Å². The smallest absolute Gasteiger partial charge is 0.162 e. The molecule has 0 saturated carbocycles. The van der Waals surface area contributed by atoms with Gasteiger partial charge in [-0.2, -0.15) is 5.10 Å². The molecule has 0 spiro atoms. The van der Waals surface area contributed by atoms with E-state index in [1.165, 1.54) is 0 Å². The Labute approximate surface area is 182 Å². The van der Waals surface area contributed by atoms with Crippen LogP contribution in [0.4, 0.5) is 11.5 Å². The lowest BCUT2D eigenvalue weighted by Gasteiger charge is -2.13. The zero-order chi connectivity index (χ0) is 20.8. The van der Waals surface area contributed by atoms with Crippen molar-refractivity contribution in [2.24, 2.45) is 0 Å².